The van der Waals surface area contributed by atoms with Crippen molar-refractivity contribution in [3.8, 4) is 0 Å². The molecule has 0 fully saturated rings. The Morgan fingerprint density at radius 1 is 1.44 bits per heavy atom. The van der Waals surface area contributed by atoms with Crippen LogP contribution in [0.4, 0.5) is 4.39 Å². The van der Waals surface area contributed by atoms with Crippen LogP contribution in [0.25, 0.3) is 0 Å². The van der Waals surface area contributed by atoms with Gasteiger partial charge in [0.05, 0.1) is 0 Å². The van der Waals surface area contributed by atoms with Crippen LogP contribution in [0.5, 0.6) is 0 Å². The molecule has 1 atom stereocenters. The quantitative estimate of drug-likeness (QED) is 0.757. The minimum atomic E-state index is -0.209. The van der Waals surface area contributed by atoms with Crippen molar-refractivity contribution >= 4 is 11.6 Å². The molecule has 0 saturated heterocycles. The fourth-order valence-corrected chi connectivity index (χ4v) is 2.37. The lowest BCUT2D eigenvalue weighted by atomic mass is 9.96. The van der Waals surface area contributed by atoms with Crippen molar-refractivity contribution in [2.24, 2.45) is 7.05 Å². The summed E-state index contributed by atoms with van der Waals surface area (Å²) < 4.78 is 15.2. The van der Waals surface area contributed by atoms with Gasteiger partial charge in [0.1, 0.15) is 11.6 Å². The Hall–Kier alpha value is -1.35. The summed E-state index contributed by atoms with van der Waals surface area (Å²) in [6.45, 7) is 0. The highest BCUT2D eigenvalue weighted by molar-refractivity contribution is 6.18. The lowest BCUT2D eigenvalue weighted by Gasteiger charge is -2.14. The maximum Gasteiger partial charge on any atom is 0.123 e. The van der Waals surface area contributed by atoms with Gasteiger partial charge in [0.15, 0.2) is 0 Å². The second-order valence-electron chi connectivity index (χ2n) is 4.40. The number of imidazole rings is 1. The fraction of sp³-hybridized carbons (Fsp3) is 0.357. The fourth-order valence-electron chi connectivity index (χ4n) is 2.03. The number of rotatable bonds is 5. The Morgan fingerprint density at radius 3 is 2.89 bits per heavy atom. The number of hydrogen-bond acceptors (Lipinski definition) is 1. The second-order valence-corrected chi connectivity index (χ2v) is 4.71. The number of benzene rings is 1. The van der Waals surface area contributed by atoms with E-state index in [9.17, 15) is 4.39 Å². The summed E-state index contributed by atoms with van der Waals surface area (Å²) >= 11 is 5.98. The number of nitrogens with zero attached hydrogens (tertiary/aromatic N) is 2. The van der Waals surface area contributed by atoms with E-state index in [0.29, 0.717) is 5.88 Å². The molecule has 2 nitrogen and oxygen atoms in total. The lowest BCUT2D eigenvalue weighted by Crippen LogP contribution is -2.06. The zero-order valence-corrected chi connectivity index (χ0v) is 11.1. The number of alkyl halides is 1. The Morgan fingerprint density at radius 2 is 2.28 bits per heavy atom. The van der Waals surface area contributed by atoms with Crippen LogP contribution >= 0.6 is 11.6 Å². The molecular weight excluding hydrogens is 251 g/mol. The van der Waals surface area contributed by atoms with E-state index in [-0.39, 0.29) is 11.7 Å². The average Bonchev–Trinajstić information content (AvgIpc) is 2.76. The molecule has 2 aromatic rings. The molecule has 2 rings (SSSR count). The molecule has 4 heteroatoms. The van der Waals surface area contributed by atoms with Crippen molar-refractivity contribution in [2.45, 2.75) is 18.8 Å². The molecule has 96 valence electrons. The Bertz CT molecular complexity index is 510. The first kappa shape index (κ1) is 13.1. The maximum absolute atomic E-state index is 13.2. The van der Waals surface area contributed by atoms with Crippen LogP contribution in [0, 0.1) is 5.82 Å². The average molecular weight is 267 g/mol. The Kier molecular flexibility index (Phi) is 4.37. The summed E-state index contributed by atoms with van der Waals surface area (Å²) in [5.74, 6) is 1.48. The van der Waals surface area contributed by atoms with E-state index < -0.39 is 0 Å². The zero-order valence-electron chi connectivity index (χ0n) is 10.3. The molecule has 0 amide bonds. The van der Waals surface area contributed by atoms with Crippen LogP contribution in [0.2, 0.25) is 0 Å². The van der Waals surface area contributed by atoms with Gasteiger partial charge in [-0.15, -0.1) is 11.6 Å². The first-order valence-electron chi connectivity index (χ1n) is 5.98. The predicted octanol–water partition coefficient (Wildman–Crippen LogP) is 3.51. The third-order valence-corrected chi connectivity index (χ3v) is 3.52. The standard InChI is InChI=1S/C14H16ClFN2/c1-18-8-7-17-14(18)6-5-12(10-15)11-3-2-4-13(16)9-11/h2-4,7-9,12H,5-6,10H2,1H3. The molecule has 0 aliphatic rings. The first-order valence-corrected chi connectivity index (χ1v) is 6.52. The SMILES string of the molecule is Cn1ccnc1CCC(CCl)c1cccc(F)c1. The van der Waals surface area contributed by atoms with Crippen molar-refractivity contribution in [3.05, 3.63) is 53.9 Å². The molecule has 0 N–H and O–H groups in total. The molecule has 1 unspecified atom stereocenters. The summed E-state index contributed by atoms with van der Waals surface area (Å²) in [5, 5.41) is 0. The molecule has 1 heterocycles. The minimum Gasteiger partial charge on any atom is -0.338 e. The molecule has 18 heavy (non-hydrogen) atoms. The van der Waals surface area contributed by atoms with Crippen LogP contribution in [0.3, 0.4) is 0 Å². The van der Waals surface area contributed by atoms with Crippen molar-refractivity contribution < 1.29 is 4.39 Å². The van der Waals surface area contributed by atoms with Gasteiger partial charge in [0.25, 0.3) is 0 Å². The largest absolute Gasteiger partial charge is 0.338 e. The van der Waals surface area contributed by atoms with Crippen molar-refractivity contribution in [1.82, 2.24) is 9.55 Å². The van der Waals surface area contributed by atoms with E-state index in [1.807, 2.05) is 23.9 Å². The zero-order chi connectivity index (χ0) is 13.0. The normalized spacial score (nSPS) is 12.6. The highest BCUT2D eigenvalue weighted by Crippen LogP contribution is 2.23. The summed E-state index contributed by atoms with van der Waals surface area (Å²) in [5.41, 5.74) is 0.958. The van der Waals surface area contributed by atoms with E-state index in [4.69, 9.17) is 11.6 Å². The molecule has 0 bridgehead atoms. The van der Waals surface area contributed by atoms with E-state index in [2.05, 4.69) is 4.98 Å². The van der Waals surface area contributed by atoms with Crippen molar-refractivity contribution in [3.63, 3.8) is 0 Å². The van der Waals surface area contributed by atoms with Gasteiger partial charge in [0, 0.05) is 31.7 Å². The highest BCUT2D eigenvalue weighted by atomic mass is 35.5. The van der Waals surface area contributed by atoms with E-state index in [1.165, 1.54) is 6.07 Å². The first-order chi connectivity index (χ1) is 8.70. The number of halogens is 2. The van der Waals surface area contributed by atoms with Crippen LogP contribution in [0.15, 0.2) is 36.7 Å². The van der Waals surface area contributed by atoms with Crippen LogP contribution in [-0.4, -0.2) is 15.4 Å². The van der Waals surface area contributed by atoms with Crippen LogP contribution in [-0.2, 0) is 13.5 Å². The molecule has 0 aliphatic heterocycles. The summed E-state index contributed by atoms with van der Waals surface area (Å²) in [6.07, 6.45) is 5.43. The second kappa shape index (κ2) is 6.01. The number of aryl methyl sites for hydroxylation is 2. The highest BCUT2D eigenvalue weighted by Gasteiger charge is 2.12. The van der Waals surface area contributed by atoms with Gasteiger partial charge in [-0.05, 0) is 30.0 Å². The summed E-state index contributed by atoms with van der Waals surface area (Å²) in [7, 11) is 1.97. The van der Waals surface area contributed by atoms with E-state index in [0.717, 1.165) is 24.2 Å². The summed E-state index contributed by atoms with van der Waals surface area (Å²) in [4.78, 5) is 4.28. The van der Waals surface area contributed by atoms with Gasteiger partial charge >= 0.3 is 0 Å². The molecule has 1 aromatic carbocycles. The Balaban J connectivity index is 2.04. The van der Waals surface area contributed by atoms with Gasteiger partial charge in [-0.2, -0.15) is 0 Å². The topological polar surface area (TPSA) is 17.8 Å². The van der Waals surface area contributed by atoms with Crippen LogP contribution < -0.4 is 0 Å². The third-order valence-electron chi connectivity index (χ3n) is 3.14. The molecule has 0 radical (unpaired) electrons. The predicted molar refractivity (Wildman–Crippen MR) is 71.4 cm³/mol. The van der Waals surface area contributed by atoms with Crippen molar-refractivity contribution in [1.29, 1.82) is 0 Å². The molecular formula is C14H16ClFN2. The third kappa shape index (κ3) is 3.10. The molecule has 0 spiro atoms. The minimum absolute atomic E-state index is 0.166. The number of hydrogen-bond donors (Lipinski definition) is 0. The number of aromatic nitrogens is 2. The molecule has 0 aliphatic carbocycles. The Labute approximate surface area is 111 Å². The van der Waals surface area contributed by atoms with E-state index >= 15 is 0 Å². The maximum atomic E-state index is 13.2. The lowest BCUT2D eigenvalue weighted by molar-refractivity contribution is 0.611. The van der Waals surface area contributed by atoms with Gasteiger partial charge < -0.3 is 4.57 Å². The van der Waals surface area contributed by atoms with E-state index in [1.54, 1.807) is 18.3 Å². The van der Waals surface area contributed by atoms with Gasteiger partial charge in [0.2, 0.25) is 0 Å². The molecule has 0 saturated carbocycles. The monoisotopic (exact) mass is 266 g/mol. The summed E-state index contributed by atoms with van der Waals surface area (Å²) in [6, 6.07) is 6.67. The van der Waals surface area contributed by atoms with Gasteiger partial charge in [-0.25, -0.2) is 9.37 Å². The van der Waals surface area contributed by atoms with Crippen LogP contribution in [0.1, 0.15) is 23.7 Å². The van der Waals surface area contributed by atoms with Gasteiger partial charge in [-0.1, -0.05) is 12.1 Å². The van der Waals surface area contributed by atoms with Gasteiger partial charge in [-0.3, -0.25) is 0 Å². The molecule has 1 aromatic heterocycles. The van der Waals surface area contributed by atoms with Crippen molar-refractivity contribution in [2.75, 3.05) is 5.88 Å². The smallest absolute Gasteiger partial charge is 0.123 e.